The third kappa shape index (κ3) is 3.32. The zero-order valence-corrected chi connectivity index (χ0v) is 13.1. The van der Waals surface area contributed by atoms with Gasteiger partial charge in [-0.25, -0.2) is 0 Å². The molecule has 0 spiro atoms. The summed E-state index contributed by atoms with van der Waals surface area (Å²) in [6, 6.07) is 0.0553. The van der Waals surface area contributed by atoms with Gasteiger partial charge in [-0.2, -0.15) is 39.5 Å². The smallest absolute Gasteiger partial charge is 0.297 e. The lowest BCUT2D eigenvalue weighted by molar-refractivity contribution is -0.145. The zero-order valence-electron chi connectivity index (χ0n) is 13.1. The maximum atomic E-state index is 13.4. The predicted octanol–water partition coefficient (Wildman–Crippen LogP) is 4.51. The normalized spacial score (nSPS) is 17.9. The van der Waals surface area contributed by atoms with Gasteiger partial charge in [-0.1, -0.05) is 12.2 Å². The number of carbonyl (C=O) groups excluding carboxylic acids is 1. The van der Waals surface area contributed by atoms with Gasteiger partial charge in [0.05, 0.1) is 23.5 Å². The molecule has 0 atom stereocenters. The van der Waals surface area contributed by atoms with Crippen LogP contribution in [0.1, 0.15) is 16.7 Å². The van der Waals surface area contributed by atoms with E-state index in [2.05, 4.69) is 0 Å². The molecule has 3 nitrogen and oxygen atoms in total. The standard InChI is InChI=1S/C15H9F9N2O/c16-13(17,18)10-5-11-8(2-1-3-25(11)14(19,20)21)9-4-7(27)6-26(12(9)10)15(22,23)24/h1-2,5H,3-4,6H2. The number of rotatable bonds is 0. The number of Topliss-reactive ketones (excluding diaryl/α,β-unsaturated/α-hetero) is 1. The van der Waals surface area contributed by atoms with Crippen molar-refractivity contribution in [1.29, 1.82) is 0 Å². The number of fused-ring (bicyclic) bond motifs is 3. The van der Waals surface area contributed by atoms with Crippen molar-refractivity contribution in [2.24, 2.45) is 0 Å². The van der Waals surface area contributed by atoms with Gasteiger partial charge in [0.25, 0.3) is 0 Å². The van der Waals surface area contributed by atoms with Crippen LogP contribution in [0.25, 0.3) is 6.08 Å². The van der Waals surface area contributed by atoms with Crippen molar-refractivity contribution < 1.29 is 44.3 Å². The molecule has 12 heteroatoms. The van der Waals surface area contributed by atoms with E-state index in [4.69, 9.17) is 0 Å². The fraction of sp³-hybridized carbons (Fsp3) is 0.400. The van der Waals surface area contributed by atoms with Gasteiger partial charge >= 0.3 is 18.8 Å². The number of nitrogens with zero attached hydrogens (tertiary/aromatic N) is 2. The summed E-state index contributed by atoms with van der Waals surface area (Å²) in [6.07, 6.45) is -14.6. The lowest BCUT2D eigenvalue weighted by Gasteiger charge is -2.38. The fourth-order valence-corrected chi connectivity index (χ4v) is 3.18. The summed E-state index contributed by atoms with van der Waals surface area (Å²) in [5.41, 5.74) is -5.34. The van der Waals surface area contributed by atoms with Crippen molar-refractivity contribution in [2.45, 2.75) is 25.2 Å². The van der Waals surface area contributed by atoms with Crippen molar-refractivity contribution in [1.82, 2.24) is 0 Å². The topological polar surface area (TPSA) is 23.6 Å². The van der Waals surface area contributed by atoms with Crippen LogP contribution in [-0.2, 0) is 17.4 Å². The SMILES string of the molecule is O=C1Cc2c3c(cc(C(F)(F)F)c2N(C(F)(F)F)C1)N(C(F)(F)F)CC=C3. The third-order valence-corrected chi connectivity index (χ3v) is 4.18. The Kier molecular flexibility index (Phi) is 4.16. The second-order valence-corrected chi connectivity index (χ2v) is 5.93. The van der Waals surface area contributed by atoms with Crippen molar-refractivity contribution >= 4 is 23.2 Å². The lowest BCUT2D eigenvalue weighted by atomic mass is 9.89. The zero-order chi connectivity index (χ0) is 20.4. The highest BCUT2D eigenvalue weighted by molar-refractivity contribution is 5.95. The summed E-state index contributed by atoms with van der Waals surface area (Å²) in [5, 5.41) is 0. The van der Waals surface area contributed by atoms with Crippen LogP contribution in [0, 0.1) is 0 Å². The highest BCUT2D eigenvalue weighted by Gasteiger charge is 2.49. The third-order valence-electron chi connectivity index (χ3n) is 4.18. The number of benzene rings is 1. The monoisotopic (exact) mass is 404 g/mol. The van der Waals surface area contributed by atoms with Crippen LogP contribution in [0.4, 0.5) is 50.9 Å². The molecule has 0 aromatic heterocycles. The molecule has 0 unspecified atom stereocenters. The average Bonchev–Trinajstić information content (AvgIpc) is 2.49. The Morgan fingerprint density at radius 1 is 0.889 bits per heavy atom. The van der Waals surface area contributed by atoms with E-state index >= 15 is 0 Å². The van der Waals surface area contributed by atoms with Gasteiger partial charge in [0.15, 0.2) is 5.78 Å². The van der Waals surface area contributed by atoms with Gasteiger partial charge in [0.1, 0.15) is 0 Å². The Balaban J connectivity index is 2.38. The molecule has 2 heterocycles. The van der Waals surface area contributed by atoms with Gasteiger partial charge in [0, 0.05) is 18.5 Å². The van der Waals surface area contributed by atoms with Crippen LogP contribution in [0.3, 0.4) is 0 Å². The first kappa shape index (κ1) is 19.4. The highest BCUT2D eigenvalue weighted by Crippen LogP contribution is 2.49. The minimum Gasteiger partial charge on any atom is -0.297 e. The molecule has 27 heavy (non-hydrogen) atoms. The first-order valence-electron chi connectivity index (χ1n) is 7.35. The second kappa shape index (κ2) is 5.80. The first-order chi connectivity index (χ1) is 12.2. The predicted molar refractivity (Wildman–Crippen MR) is 76.0 cm³/mol. The van der Waals surface area contributed by atoms with E-state index in [-0.39, 0.29) is 11.0 Å². The summed E-state index contributed by atoms with van der Waals surface area (Å²) in [5.74, 6) is -1.06. The second-order valence-electron chi connectivity index (χ2n) is 5.93. The Labute approximate surface area is 145 Å². The molecule has 2 aliphatic rings. The van der Waals surface area contributed by atoms with E-state index in [1.807, 2.05) is 0 Å². The van der Waals surface area contributed by atoms with Crippen molar-refractivity contribution in [3.63, 3.8) is 0 Å². The molecular weight excluding hydrogens is 395 g/mol. The minimum absolute atomic E-state index is 0.0553. The summed E-state index contributed by atoms with van der Waals surface area (Å²) >= 11 is 0. The minimum atomic E-state index is -5.36. The van der Waals surface area contributed by atoms with Gasteiger partial charge in [-0.3, -0.25) is 14.6 Å². The number of hydrogen-bond donors (Lipinski definition) is 0. The lowest BCUT2D eigenvalue weighted by Crippen LogP contribution is -2.47. The van der Waals surface area contributed by atoms with E-state index in [0.717, 1.165) is 12.2 Å². The number of alkyl halides is 9. The Morgan fingerprint density at radius 2 is 1.48 bits per heavy atom. The molecule has 1 aromatic rings. The summed E-state index contributed by atoms with van der Waals surface area (Å²) in [7, 11) is 0. The van der Waals surface area contributed by atoms with E-state index in [1.54, 1.807) is 0 Å². The molecule has 0 aliphatic carbocycles. The van der Waals surface area contributed by atoms with Crippen LogP contribution in [0.15, 0.2) is 12.1 Å². The Morgan fingerprint density at radius 3 is 2.00 bits per heavy atom. The van der Waals surface area contributed by atoms with Gasteiger partial charge < -0.3 is 0 Å². The molecule has 0 amide bonds. The van der Waals surface area contributed by atoms with Crippen LogP contribution >= 0.6 is 0 Å². The van der Waals surface area contributed by atoms with E-state index < -0.39 is 77.0 Å². The average molecular weight is 404 g/mol. The number of hydrogen-bond acceptors (Lipinski definition) is 3. The van der Waals surface area contributed by atoms with Crippen LogP contribution in [0.2, 0.25) is 0 Å². The summed E-state index contributed by atoms with van der Waals surface area (Å²) < 4.78 is 120. The maximum absolute atomic E-state index is 13.4. The van der Waals surface area contributed by atoms with Gasteiger partial charge in [-0.15, -0.1) is 0 Å². The molecular formula is C15H9F9N2O. The molecule has 0 saturated heterocycles. The van der Waals surface area contributed by atoms with E-state index in [0.29, 0.717) is 0 Å². The molecule has 2 aliphatic heterocycles. The van der Waals surface area contributed by atoms with E-state index in [1.165, 1.54) is 0 Å². The van der Waals surface area contributed by atoms with Crippen LogP contribution in [-0.4, -0.2) is 31.5 Å². The number of halogens is 9. The van der Waals surface area contributed by atoms with Crippen molar-refractivity contribution in [3.8, 4) is 0 Å². The molecule has 1 aromatic carbocycles. The number of anilines is 2. The largest absolute Gasteiger partial charge is 0.485 e. The molecule has 3 rings (SSSR count). The molecule has 0 N–H and O–H groups in total. The molecule has 0 saturated carbocycles. The quantitative estimate of drug-likeness (QED) is 0.470. The van der Waals surface area contributed by atoms with Crippen LogP contribution in [0.5, 0.6) is 0 Å². The van der Waals surface area contributed by atoms with E-state index in [9.17, 15) is 44.3 Å². The van der Waals surface area contributed by atoms with Crippen LogP contribution < -0.4 is 9.80 Å². The van der Waals surface area contributed by atoms with Crippen molar-refractivity contribution in [3.05, 3.63) is 28.8 Å². The Bertz CT molecular complexity index is 821. The first-order valence-corrected chi connectivity index (χ1v) is 7.35. The highest BCUT2D eigenvalue weighted by atomic mass is 19.4. The van der Waals surface area contributed by atoms with Crippen molar-refractivity contribution in [2.75, 3.05) is 22.9 Å². The molecule has 0 fully saturated rings. The molecule has 0 bridgehead atoms. The number of ketones is 1. The number of carbonyl (C=O) groups is 1. The molecule has 148 valence electrons. The van der Waals surface area contributed by atoms with Gasteiger partial charge in [0.2, 0.25) is 0 Å². The Hall–Kier alpha value is -2.40. The summed E-state index contributed by atoms with van der Waals surface area (Å²) in [4.78, 5) is 10.7. The fourth-order valence-electron chi connectivity index (χ4n) is 3.18. The summed E-state index contributed by atoms with van der Waals surface area (Å²) in [6.45, 7) is -2.14. The maximum Gasteiger partial charge on any atom is 0.485 e. The van der Waals surface area contributed by atoms with Gasteiger partial charge in [-0.05, 0) is 11.6 Å². The molecule has 0 radical (unpaired) electrons.